The smallest absolute Gasteiger partial charge is 0.220 e. The summed E-state index contributed by atoms with van der Waals surface area (Å²) in [6.45, 7) is 6.45. The van der Waals surface area contributed by atoms with Crippen molar-refractivity contribution in [3.63, 3.8) is 0 Å². The minimum absolute atomic E-state index is 0.232. The van der Waals surface area contributed by atoms with Crippen LogP contribution in [0.2, 0.25) is 0 Å². The number of piperazine rings is 1. The molecule has 1 aromatic heterocycles. The van der Waals surface area contributed by atoms with Gasteiger partial charge in [0.1, 0.15) is 5.82 Å². The number of anilines is 1. The summed E-state index contributed by atoms with van der Waals surface area (Å²) in [5, 5.41) is 8.24. The molecule has 5 rings (SSSR count). The molecule has 1 aliphatic carbocycles. The van der Waals surface area contributed by atoms with Gasteiger partial charge in [-0.1, -0.05) is 5.16 Å². The van der Waals surface area contributed by atoms with Gasteiger partial charge in [-0.2, -0.15) is 0 Å². The number of nitrogens with one attached hydrogen (secondary N) is 1. The zero-order valence-electron chi connectivity index (χ0n) is 20.0. The van der Waals surface area contributed by atoms with Crippen molar-refractivity contribution in [1.82, 2.24) is 15.4 Å². The van der Waals surface area contributed by atoms with E-state index in [-0.39, 0.29) is 11.7 Å². The Morgan fingerprint density at radius 2 is 1.79 bits per heavy atom. The van der Waals surface area contributed by atoms with Crippen LogP contribution in [-0.2, 0) is 9.53 Å². The quantitative estimate of drug-likeness (QED) is 0.658. The zero-order valence-corrected chi connectivity index (χ0v) is 20.0. The number of aromatic nitrogens is 1. The van der Waals surface area contributed by atoms with Gasteiger partial charge < -0.3 is 19.5 Å². The number of halogens is 1. The second-order valence-corrected chi connectivity index (χ2v) is 10.3. The molecule has 186 valence electrons. The lowest BCUT2D eigenvalue weighted by molar-refractivity contribution is -0.123. The van der Waals surface area contributed by atoms with E-state index < -0.39 is 0 Å². The van der Waals surface area contributed by atoms with Crippen molar-refractivity contribution in [2.75, 3.05) is 50.8 Å². The lowest BCUT2D eigenvalue weighted by atomic mass is 9.83. The fourth-order valence-corrected chi connectivity index (χ4v) is 5.77. The molecule has 8 heteroatoms. The number of carbonyl (C=O) groups is 1. The van der Waals surface area contributed by atoms with Crippen molar-refractivity contribution >= 4 is 22.7 Å². The van der Waals surface area contributed by atoms with Gasteiger partial charge in [0, 0.05) is 51.9 Å². The van der Waals surface area contributed by atoms with Gasteiger partial charge in [-0.3, -0.25) is 9.69 Å². The molecule has 0 unspecified atom stereocenters. The number of carbonyl (C=O) groups excluding carboxylic acids is 1. The molecular weight excluding hydrogens is 435 g/mol. The highest BCUT2D eigenvalue weighted by Crippen LogP contribution is 2.29. The van der Waals surface area contributed by atoms with Gasteiger partial charge in [0.05, 0.1) is 5.39 Å². The first-order valence-electron chi connectivity index (χ1n) is 13.0. The van der Waals surface area contributed by atoms with E-state index in [1.807, 2.05) is 0 Å². The standard InChI is InChI=1S/C26H37FN4O3/c27-21-3-6-24-23(18-21)26(29-34-24)31-13-11-30(12-14-31)10-7-19-1-4-22(5-2-19)28-25(32)17-20-8-15-33-16-9-20/h3,6,18-20,22H,1-2,4-5,7-17H2,(H,28,32)/t19-,22-. The maximum Gasteiger partial charge on any atom is 0.220 e. The van der Waals surface area contributed by atoms with E-state index in [1.54, 1.807) is 6.07 Å². The molecule has 3 heterocycles. The minimum Gasteiger partial charge on any atom is -0.381 e. The first kappa shape index (κ1) is 23.5. The van der Waals surface area contributed by atoms with Crippen LogP contribution in [0.4, 0.5) is 10.2 Å². The molecule has 0 atom stereocenters. The Labute approximate surface area is 201 Å². The van der Waals surface area contributed by atoms with Crippen molar-refractivity contribution < 1.29 is 18.4 Å². The lowest BCUT2D eigenvalue weighted by Crippen LogP contribution is -2.47. The second kappa shape index (κ2) is 11.0. The molecule has 1 saturated carbocycles. The van der Waals surface area contributed by atoms with E-state index in [1.165, 1.54) is 31.4 Å². The third kappa shape index (κ3) is 5.89. The highest BCUT2D eigenvalue weighted by molar-refractivity contribution is 5.88. The number of hydrogen-bond donors (Lipinski definition) is 1. The molecule has 3 fully saturated rings. The van der Waals surface area contributed by atoms with E-state index in [0.717, 1.165) is 88.7 Å². The van der Waals surface area contributed by atoms with Crippen molar-refractivity contribution in [2.24, 2.45) is 11.8 Å². The van der Waals surface area contributed by atoms with Gasteiger partial charge in [-0.05, 0) is 81.5 Å². The number of amides is 1. The Morgan fingerprint density at radius 1 is 1.03 bits per heavy atom. The summed E-state index contributed by atoms with van der Waals surface area (Å²) < 4.78 is 24.4. The summed E-state index contributed by atoms with van der Waals surface area (Å²) in [7, 11) is 0. The maximum absolute atomic E-state index is 13.7. The van der Waals surface area contributed by atoms with Gasteiger partial charge >= 0.3 is 0 Å². The number of nitrogens with zero attached hydrogens (tertiary/aromatic N) is 3. The summed E-state index contributed by atoms with van der Waals surface area (Å²) in [5.74, 6) is 1.98. The van der Waals surface area contributed by atoms with Crippen LogP contribution in [0.5, 0.6) is 0 Å². The summed E-state index contributed by atoms with van der Waals surface area (Å²) in [6.07, 6.45) is 8.54. The number of rotatable bonds is 7. The predicted molar refractivity (Wildman–Crippen MR) is 129 cm³/mol. The van der Waals surface area contributed by atoms with Crippen LogP contribution < -0.4 is 10.2 Å². The van der Waals surface area contributed by atoms with E-state index in [9.17, 15) is 9.18 Å². The van der Waals surface area contributed by atoms with Crippen LogP contribution in [0.15, 0.2) is 22.7 Å². The average Bonchev–Trinajstić information content (AvgIpc) is 3.27. The first-order valence-corrected chi connectivity index (χ1v) is 13.0. The molecule has 3 aliphatic rings. The Hall–Kier alpha value is -2.19. The normalized spacial score (nSPS) is 25.0. The van der Waals surface area contributed by atoms with E-state index in [0.29, 0.717) is 24.0 Å². The molecular formula is C26H37FN4O3. The molecule has 0 bridgehead atoms. The summed E-state index contributed by atoms with van der Waals surface area (Å²) in [6, 6.07) is 4.92. The Morgan fingerprint density at radius 3 is 2.56 bits per heavy atom. The van der Waals surface area contributed by atoms with Gasteiger partial charge in [0.15, 0.2) is 11.4 Å². The van der Waals surface area contributed by atoms with Gasteiger partial charge in [-0.25, -0.2) is 4.39 Å². The largest absolute Gasteiger partial charge is 0.381 e. The van der Waals surface area contributed by atoms with Crippen molar-refractivity contribution in [3.05, 3.63) is 24.0 Å². The summed E-state index contributed by atoms with van der Waals surface area (Å²) >= 11 is 0. The van der Waals surface area contributed by atoms with Gasteiger partial charge in [0.25, 0.3) is 0 Å². The molecule has 2 aliphatic heterocycles. The molecule has 0 radical (unpaired) electrons. The Bertz CT molecular complexity index is 945. The van der Waals surface area contributed by atoms with Crippen LogP contribution in [0.1, 0.15) is 51.4 Å². The van der Waals surface area contributed by atoms with Gasteiger partial charge in [0.2, 0.25) is 5.91 Å². The topological polar surface area (TPSA) is 70.8 Å². The lowest BCUT2D eigenvalue weighted by Gasteiger charge is -2.36. The molecule has 34 heavy (non-hydrogen) atoms. The fourth-order valence-electron chi connectivity index (χ4n) is 5.77. The molecule has 2 saturated heterocycles. The third-order valence-corrected chi connectivity index (χ3v) is 7.97. The van der Waals surface area contributed by atoms with Crippen LogP contribution in [0.3, 0.4) is 0 Å². The Balaban J connectivity index is 0.996. The Kier molecular flexibility index (Phi) is 7.64. The van der Waals surface area contributed by atoms with E-state index >= 15 is 0 Å². The van der Waals surface area contributed by atoms with Gasteiger partial charge in [-0.15, -0.1) is 0 Å². The van der Waals surface area contributed by atoms with Crippen LogP contribution in [0.25, 0.3) is 11.0 Å². The fraction of sp³-hybridized carbons (Fsp3) is 0.692. The summed E-state index contributed by atoms with van der Waals surface area (Å²) in [4.78, 5) is 17.1. The minimum atomic E-state index is -0.260. The monoisotopic (exact) mass is 472 g/mol. The van der Waals surface area contributed by atoms with Crippen LogP contribution >= 0.6 is 0 Å². The highest BCUT2D eigenvalue weighted by Gasteiger charge is 2.26. The van der Waals surface area contributed by atoms with Crippen molar-refractivity contribution in [3.8, 4) is 0 Å². The number of ether oxygens (including phenoxy) is 1. The molecule has 0 spiro atoms. The van der Waals surface area contributed by atoms with E-state index in [4.69, 9.17) is 9.26 Å². The predicted octanol–water partition coefficient (Wildman–Crippen LogP) is 3.97. The zero-order chi connectivity index (χ0) is 23.3. The average molecular weight is 473 g/mol. The number of hydrogen-bond acceptors (Lipinski definition) is 6. The van der Waals surface area contributed by atoms with Crippen LogP contribution in [0, 0.1) is 17.7 Å². The first-order chi connectivity index (χ1) is 16.6. The van der Waals surface area contributed by atoms with Crippen molar-refractivity contribution in [1.29, 1.82) is 0 Å². The molecule has 1 N–H and O–H groups in total. The number of fused-ring (bicyclic) bond motifs is 1. The second-order valence-electron chi connectivity index (χ2n) is 10.3. The maximum atomic E-state index is 13.7. The highest BCUT2D eigenvalue weighted by atomic mass is 19.1. The van der Waals surface area contributed by atoms with Crippen LogP contribution in [-0.4, -0.2) is 67.9 Å². The summed E-state index contributed by atoms with van der Waals surface area (Å²) in [5.41, 5.74) is 0.634. The molecule has 2 aromatic rings. The molecule has 7 nitrogen and oxygen atoms in total. The van der Waals surface area contributed by atoms with Crippen molar-refractivity contribution in [2.45, 2.75) is 57.4 Å². The van der Waals surface area contributed by atoms with E-state index in [2.05, 4.69) is 20.3 Å². The number of benzene rings is 1. The SMILES string of the molecule is O=C(CC1CCOCC1)N[C@H]1CC[C@H](CCN2CCN(c3noc4ccc(F)cc34)CC2)CC1. The molecule has 1 aromatic carbocycles. The molecule has 1 amide bonds. The third-order valence-electron chi connectivity index (χ3n) is 7.97.